The second kappa shape index (κ2) is 7.07. The van der Waals surface area contributed by atoms with Crippen molar-refractivity contribution in [2.45, 2.75) is 18.9 Å². The predicted molar refractivity (Wildman–Crippen MR) is 95.3 cm³/mol. The van der Waals surface area contributed by atoms with E-state index in [1.54, 1.807) is 12.1 Å². The molecule has 1 fully saturated rings. The summed E-state index contributed by atoms with van der Waals surface area (Å²) in [6.07, 6.45) is 4.39. The van der Waals surface area contributed by atoms with Crippen LogP contribution in [0.5, 0.6) is 11.5 Å². The SMILES string of the molecule is Fc1cccc(Oc2ccc(-c3ccn([C@@H]4CCCNC4)n3)cc2)c1. The Kier molecular flexibility index (Phi) is 4.48. The van der Waals surface area contributed by atoms with Gasteiger partial charge in [0.05, 0.1) is 11.7 Å². The summed E-state index contributed by atoms with van der Waals surface area (Å²) >= 11 is 0. The summed E-state index contributed by atoms with van der Waals surface area (Å²) in [5.74, 6) is 0.851. The van der Waals surface area contributed by atoms with E-state index in [9.17, 15) is 4.39 Å². The molecule has 128 valence electrons. The Hall–Kier alpha value is -2.66. The summed E-state index contributed by atoms with van der Waals surface area (Å²) in [5.41, 5.74) is 1.98. The molecule has 4 nitrogen and oxygen atoms in total. The smallest absolute Gasteiger partial charge is 0.130 e. The summed E-state index contributed by atoms with van der Waals surface area (Å²) in [6.45, 7) is 2.07. The van der Waals surface area contributed by atoms with Crippen LogP contribution in [0.2, 0.25) is 0 Å². The maximum Gasteiger partial charge on any atom is 0.130 e. The number of hydrogen-bond donors (Lipinski definition) is 1. The predicted octanol–water partition coefficient (Wildman–Crippen LogP) is 4.41. The van der Waals surface area contributed by atoms with Crippen LogP contribution < -0.4 is 10.1 Å². The fourth-order valence-electron chi connectivity index (χ4n) is 3.11. The Morgan fingerprint density at radius 1 is 1.08 bits per heavy atom. The highest BCUT2D eigenvalue weighted by Gasteiger charge is 2.16. The lowest BCUT2D eigenvalue weighted by atomic mass is 10.1. The van der Waals surface area contributed by atoms with Gasteiger partial charge in [0, 0.05) is 24.4 Å². The lowest BCUT2D eigenvalue weighted by Crippen LogP contribution is -2.31. The van der Waals surface area contributed by atoms with Crippen LogP contribution in [0.3, 0.4) is 0 Å². The van der Waals surface area contributed by atoms with Gasteiger partial charge < -0.3 is 10.1 Å². The number of halogens is 1. The van der Waals surface area contributed by atoms with E-state index in [1.807, 2.05) is 36.5 Å². The standard InChI is InChI=1S/C20H20FN3O/c21-16-3-1-5-19(13-16)25-18-8-6-15(7-9-18)20-10-12-24(23-20)17-4-2-11-22-14-17/h1,3,5-10,12-13,17,22H,2,4,11,14H2/t17-/m1/s1. The molecule has 0 aliphatic carbocycles. The summed E-state index contributed by atoms with van der Waals surface area (Å²) in [6, 6.07) is 16.3. The van der Waals surface area contributed by atoms with Gasteiger partial charge in [-0.3, -0.25) is 4.68 Å². The number of ether oxygens (including phenoxy) is 1. The second-order valence-electron chi connectivity index (χ2n) is 6.26. The second-order valence-corrected chi connectivity index (χ2v) is 6.26. The highest BCUT2D eigenvalue weighted by atomic mass is 19.1. The van der Waals surface area contributed by atoms with Crippen LogP contribution >= 0.6 is 0 Å². The van der Waals surface area contributed by atoms with Gasteiger partial charge in [-0.15, -0.1) is 0 Å². The van der Waals surface area contributed by atoms with Gasteiger partial charge >= 0.3 is 0 Å². The normalized spacial score (nSPS) is 17.4. The Morgan fingerprint density at radius 3 is 2.72 bits per heavy atom. The number of rotatable bonds is 4. The van der Waals surface area contributed by atoms with Crippen molar-refractivity contribution in [3.63, 3.8) is 0 Å². The van der Waals surface area contributed by atoms with Gasteiger partial charge in [-0.2, -0.15) is 5.10 Å². The van der Waals surface area contributed by atoms with E-state index in [4.69, 9.17) is 9.84 Å². The molecule has 0 spiro atoms. The van der Waals surface area contributed by atoms with Crippen LogP contribution in [0.4, 0.5) is 4.39 Å². The highest BCUT2D eigenvalue weighted by molar-refractivity contribution is 5.59. The van der Waals surface area contributed by atoms with Crippen molar-refractivity contribution in [3.05, 3.63) is 66.6 Å². The minimum atomic E-state index is -0.308. The van der Waals surface area contributed by atoms with Crippen LogP contribution in [0, 0.1) is 5.82 Å². The van der Waals surface area contributed by atoms with E-state index < -0.39 is 0 Å². The molecule has 25 heavy (non-hydrogen) atoms. The molecule has 4 rings (SSSR count). The van der Waals surface area contributed by atoms with Crippen LogP contribution in [-0.2, 0) is 0 Å². The van der Waals surface area contributed by atoms with E-state index in [1.165, 1.54) is 18.6 Å². The van der Waals surface area contributed by atoms with Gasteiger partial charge in [-0.25, -0.2) is 4.39 Å². The van der Waals surface area contributed by atoms with Crippen LogP contribution in [-0.4, -0.2) is 22.9 Å². The van der Waals surface area contributed by atoms with E-state index in [0.717, 1.165) is 30.8 Å². The molecule has 0 saturated carbocycles. The molecular formula is C20H20FN3O. The van der Waals surface area contributed by atoms with Crippen molar-refractivity contribution < 1.29 is 9.13 Å². The monoisotopic (exact) mass is 337 g/mol. The van der Waals surface area contributed by atoms with E-state index in [-0.39, 0.29) is 5.82 Å². The summed E-state index contributed by atoms with van der Waals surface area (Å²) < 4.78 is 20.9. The third-order valence-corrected chi connectivity index (χ3v) is 4.44. The Labute approximate surface area is 146 Å². The van der Waals surface area contributed by atoms with E-state index in [0.29, 0.717) is 17.5 Å². The molecule has 3 aromatic rings. The summed E-state index contributed by atoms with van der Waals surface area (Å²) in [5, 5.41) is 8.13. The molecule has 1 aromatic heterocycles. The number of nitrogens with zero attached hydrogens (tertiary/aromatic N) is 2. The quantitative estimate of drug-likeness (QED) is 0.767. The number of nitrogens with one attached hydrogen (secondary N) is 1. The minimum absolute atomic E-state index is 0.308. The van der Waals surface area contributed by atoms with E-state index in [2.05, 4.69) is 10.00 Å². The van der Waals surface area contributed by atoms with Crippen molar-refractivity contribution in [2.75, 3.05) is 13.1 Å². The molecular weight excluding hydrogens is 317 g/mol. The zero-order chi connectivity index (χ0) is 17.1. The molecule has 2 aromatic carbocycles. The van der Waals surface area contributed by atoms with Crippen molar-refractivity contribution in [1.29, 1.82) is 0 Å². The Balaban J connectivity index is 1.47. The van der Waals surface area contributed by atoms with Gasteiger partial charge in [-0.05, 0) is 61.9 Å². The molecule has 1 N–H and O–H groups in total. The van der Waals surface area contributed by atoms with Crippen molar-refractivity contribution in [2.24, 2.45) is 0 Å². The van der Waals surface area contributed by atoms with Crippen LogP contribution in [0.1, 0.15) is 18.9 Å². The average molecular weight is 337 g/mol. The topological polar surface area (TPSA) is 39.1 Å². The lowest BCUT2D eigenvalue weighted by molar-refractivity contribution is 0.347. The largest absolute Gasteiger partial charge is 0.457 e. The molecule has 0 amide bonds. The van der Waals surface area contributed by atoms with Crippen molar-refractivity contribution >= 4 is 0 Å². The molecule has 1 atom stereocenters. The van der Waals surface area contributed by atoms with Crippen LogP contribution in [0.15, 0.2) is 60.8 Å². The first kappa shape index (κ1) is 15.8. The molecule has 1 aliphatic rings. The maximum absolute atomic E-state index is 13.2. The van der Waals surface area contributed by atoms with Crippen LogP contribution in [0.25, 0.3) is 11.3 Å². The molecule has 5 heteroatoms. The van der Waals surface area contributed by atoms with E-state index >= 15 is 0 Å². The summed E-state index contributed by atoms with van der Waals surface area (Å²) in [7, 11) is 0. The first-order chi connectivity index (χ1) is 12.3. The minimum Gasteiger partial charge on any atom is -0.457 e. The number of piperidine rings is 1. The fraction of sp³-hybridized carbons (Fsp3) is 0.250. The molecule has 1 saturated heterocycles. The lowest BCUT2D eigenvalue weighted by Gasteiger charge is -2.22. The zero-order valence-corrected chi connectivity index (χ0v) is 13.9. The van der Waals surface area contributed by atoms with Crippen molar-refractivity contribution in [3.8, 4) is 22.8 Å². The number of aromatic nitrogens is 2. The molecule has 1 aliphatic heterocycles. The first-order valence-corrected chi connectivity index (χ1v) is 8.58. The van der Waals surface area contributed by atoms with Gasteiger partial charge in [0.25, 0.3) is 0 Å². The third kappa shape index (κ3) is 3.72. The van der Waals surface area contributed by atoms with Gasteiger partial charge in [0.1, 0.15) is 17.3 Å². The highest BCUT2D eigenvalue weighted by Crippen LogP contribution is 2.26. The molecule has 0 bridgehead atoms. The fourth-order valence-corrected chi connectivity index (χ4v) is 3.11. The van der Waals surface area contributed by atoms with Gasteiger partial charge in [-0.1, -0.05) is 6.07 Å². The summed E-state index contributed by atoms with van der Waals surface area (Å²) in [4.78, 5) is 0. The Morgan fingerprint density at radius 2 is 1.96 bits per heavy atom. The molecule has 0 radical (unpaired) electrons. The van der Waals surface area contributed by atoms with Gasteiger partial charge in [0.15, 0.2) is 0 Å². The number of hydrogen-bond acceptors (Lipinski definition) is 3. The Bertz CT molecular complexity index is 838. The van der Waals surface area contributed by atoms with Gasteiger partial charge in [0.2, 0.25) is 0 Å². The maximum atomic E-state index is 13.2. The average Bonchev–Trinajstić information content (AvgIpc) is 3.13. The number of benzene rings is 2. The zero-order valence-electron chi connectivity index (χ0n) is 13.9. The molecule has 0 unspecified atom stereocenters. The third-order valence-electron chi connectivity index (χ3n) is 4.44. The first-order valence-electron chi connectivity index (χ1n) is 8.58. The molecule has 2 heterocycles. The van der Waals surface area contributed by atoms with Crippen molar-refractivity contribution in [1.82, 2.24) is 15.1 Å².